The standard InChI is InChI=1S/C18H33NO2/c1-17(2)10-12-18(21,13-11-17)14-19-16(20)15-8-6-4-3-5-7-9-15/h15,21H,3-14H2,1-2H3,(H,19,20). The summed E-state index contributed by atoms with van der Waals surface area (Å²) in [6, 6.07) is 0. The average molecular weight is 295 g/mol. The molecule has 2 fully saturated rings. The Labute approximate surface area is 129 Å². The minimum Gasteiger partial charge on any atom is -0.388 e. The Morgan fingerprint density at radius 1 is 1.00 bits per heavy atom. The Morgan fingerprint density at radius 2 is 1.52 bits per heavy atom. The van der Waals surface area contributed by atoms with E-state index in [1.54, 1.807) is 0 Å². The summed E-state index contributed by atoms with van der Waals surface area (Å²) in [6.07, 6.45) is 12.0. The normalized spacial score (nSPS) is 26.6. The zero-order valence-electron chi connectivity index (χ0n) is 13.9. The second-order valence-corrected chi connectivity index (χ2v) is 8.15. The van der Waals surface area contributed by atoms with E-state index < -0.39 is 5.60 Å². The smallest absolute Gasteiger partial charge is 0.223 e. The van der Waals surface area contributed by atoms with Gasteiger partial charge in [0.2, 0.25) is 5.91 Å². The van der Waals surface area contributed by atoms with Crippen molar-refractivity contribution in [3.05, 3.63) is 0 Å². The lowest BCUT2D eigenvalue weighted by atomic mass is 9.71. The van der Waals surface area contributed by atoms with Gasteiger partial charge in [0.1, 0.15) is 0 Å². The molecular weight excluding hydrogens is 262 g/mol. The van der Waals surface area contributed by atoms with E-state index in [4.69, 9.17) is 0 Å². The summed E-state index contributed by atoms with van der Waals surface area (Å²) in [5.74, 6) is 0.351. The molecule has 2 N–H and O–H groups in total. The number of hydrogen-bond acceptors (Lipinski definition) is 2. The van der Waals surface area contributed by atoms with Gasteiger partial charge in [-0.3, -0.25) is 4.79 Å². The van der Waals surface area contributed by atoms with Crippen LogP contribution in [0.1, 0.15) is 84.5 Å². The Morgan fingerprint density at radius 3 is 2.10 bits per heavy atom. The third-order valence-electron chi connectivity index (χ3n) is 5.60. The highest BCUT2D eigenvalue weighted by Crippen LogP contribution is 2.39. The van der Waals surface area contributed by atoms with Gasteiger partial charge in [-0.15, -0.1) is 0 Å². The monoisotopic (exact) mass is 295 g/mol. The molecule has 0 aromatic rings. The van der Waals surface area contributed by atoms with Crippen LogP contribution in [0, 0.1) is 11.3 Å². The molecule has 2 aliphatic rings. The van der Waals surface area contributed by atoms with Gasteiger partial charge in [-0.2, -0.15) is 0 Å². The number of hydrogen-bond donors (Lipinski definition) is 2. The molecule has 0 spiro atoms. The SMILES string of the molecule is CC1(C)CCC(O)(CNC(=O)C2CCCCCCC2)CC1. The molecule has 2 saturated carbocycles. The van der Waals surface area contributed by atoms with Gasteiger partial charge in [0.25, 0.3) is 0 Å². The molecule has 0 unspecified atom stereocenters. The molecule has 0 aromatic heterocycles. The number of carbonyl (C=O) groups is 1. The molecule has 0 aliphatic heterocycles. The number of amides is 1. The molecule has 0 radical (unpaired) electrons. The van der Waals surface area contributed by atoms with Crippen LogP contribution in [-0.2, 0) is 4.79 Å². The van der Waals surface area contributed by atoms with Crippen molar-refractivity contribution in [1.29, 1.82) is 0 Å². The Hall–Kier alpha value is -0.570. The van der Waals surface area contributed by atoms with E-state index >= 15 is 0 Å². The summed E-state index contributed by atoms with van der Waals surface area (Å²) in [7, 11) is 0. The minimum atomic E-state index is -0.674. The first-order chi connectivity index (χ1) is 9.90. The van der Waals surface area contributed by atoms with Crippen LogP contribution in [0.15, 0.2) is 0 Å². The maximum Gasteiger partial charge on any atom is 0.223 e. The Bertz CT molecular complexity index is 333. The fourth-order valence-electron chi connectivity index (χ4n) is 3.68. The van der Waals surface area contributed by atoms with Gasteiger partial charge >= 0.3 is 0 Å². The second kappa shape index (κ2) is 7.13. The molecule has 3 nitrogen and oxygen atoms in total. The maximum absolute atomic E-state index is 12.4. The highest BCUT2D eigenvalue weighted by molar-refractivity contribution is 5.78. The van der Waals surface area contributed by atoms with Crippen LogP contribution in [0.5, 0.6) is 0 Å². The molecule has 2 rings (SSSR count). The zero-order chi connectivity index (χ0) is 15.3. The predicted octanol–water partition coefficient (Wildman–Crippen LogP) is 3.79. The van der Waals surface area contributed by atoms with Crippen molar-refractivity contribution < 1.29 is 9.90 Å². The molecule has 2 aliphatic carbocycles. The molecule has 0 bridgehead atoms. The highest BCUT2D eigenvalue weighted by Gasteiger charge is 2.37. The quantitative estimate of drug-likeness (QED) is 0.832. The third kappa shape index (κ3) is 5.28. The lowest BCUT2D eigenvalue weighted by Crippen LogP contribution is -2.47. The summed E-state index contributed by atoms with van der Waals surface area (Å²) >= 11 is 0. The first kappa shape index (κ1) is 16.8. The van der Waals surface area contributed by atoms with E-state index in [1.165, 1.54) is 32.1 Å². The molecule has 0 atom stereocenters. The zero-order valence-corrected chi connectivity index (χ0v) is 13.9. The predicted molar refractivity (Wildman–Crippen MR) is 86.0 cm³/mol. The van der Waals surface area contributed by atoms with Crippen LogP contribution in [0.25, 0.3) is 0 Å². The van der Waals surface area contributed by atoms with E-state index in [0.717, 1.165) is 38.5 Å². The van der Waals surface area contributed by atoms with Crippen LogP contribution < -0.4 is 5.32 Å². The van der Waals surface area contributed by atoms with Crippen molar-refractivity contribution in [1.82, 2.24) is 5.32 Å². The number of nitrogens with one attached hydrogen (secondary N) is 1. The molecule has 122 valence electrons. The molecule has 1 amide bonds. The lowest BCUT2D eigenvalue weighted by molar-refractivity contribution is -0.127. The van der Waals surface area contributed by atoms with Gasteiger partial charge in [-0.25, -0.2) is 0 Å². The summed E-state index contributed by atoms with van der Waals surface area (Å²) < 4.78 is 0. The average Bonchev–Trinajstić information content (AvgIpc) is 2.40. The van der Waals surface area contributed by atoms with Gasteiger partial charge in [-0.05, 0) is 43.9 Å². The van der Waals surface area contributed by atoms with Crippen LogP contribution in [0.2, 0.25) is 0 Å². The minimum absolute atomic E-state index is 0.175. The molecule has 0 aromatic carbocycles. The number of aliphatic hydroxyl groups is 1. The van der Waals surface area contributed by atoms with Gasteiger partial charge in [0, 0.05) is 12.5 Å². The fourth-order valence-corrected chi connectivity index (χ4v) is 3.68. The second-order valence-electron chi connectivity index (χ2n) is 8.15. The van der Waals surface area contributed by atoms with Crippen molar-refractivity contribution in [2.24, 2.45) is 11.3 Å². The topological polar surface area (TPSA) is 49.3 Å². The summed E-state index contributed by atoms with van der Waals surface area (Å²) in [5.41, 5.74) is -0.331. The van der Waals surface area contributed by atoms with Gasteiger partial charge in [-0.1, -0.05) is 46.0 Å². The van der Waals surface area contributed by atoms with Gasteiger partial charge in [0.15, 0.2) is 0 Å². The molecule has 3 heteroatoms. The highest BCUT2D eigenvalue weighted by atomic mass is 16.3. The van der Waals surface area contributed by atoms with Gasteiger partial charge in [0.05, 0.1) is 5.60 Å². The van der Waals surface area contributed by atoms with E-state index in [0.29, 0.717) is 12.0 Å². The molecule has 0 heterocycles. The van der Waals surface area contributed by atoms with Gasteiger partial charge < -0.3 is 10.4 Å². The van der Waals surface area contributed by atoms with Crippen molar-refractivity contribution in [2.45, 2.75) is 90.1 Å². The van der Waals surface area contributed by atoms with Crippen molar-refractivity contribution in [3.63, 3.8) is 0 Å². The van der Waals surface area contributed by atoms with Crippen LogP contribution >= 0.6 is 0 Å². The molecule has 21 heavy (non-hydrogen) atoms. The largest absolute Gasteiger partial charge is 0.388 e. The maximum atomic E-state index is 12.4. The van der Waals surface area contributed by atoms with Crippen LogP contribution in [-0.4, -0.2) is 23.2 Å². The third-order valence-corrected chi connectivity index (χ3v) is 5.60. The first-order valence-electron chi connectivity index (χ1n) is 8.90. The van der Waals surface area contributed by atoms with Crippen LogP contribution in [0.3, 0.4) is 0 Å². The lowest BCUT2D eigenvalue weighted by Gasteiger charge is -2.40. The van der Waals surface area contributed by atoms with E-state index in [2.05, 4.69) is 19.2 Å². The van der Waals surface area contributed by atoms with Crippen molar-refractivity contribution in [2.75, 3.05) is 6.54 Å². The van der Waals surface area contributed by atoms with E-state index in [1.807, 2.05) is 0 Å². The van der Waals surface area contributed by atoms with E-state index in [-0.39, 0.29) is 11.8 Å². The first-order valence-corrected chi connectivity index (χ1v) is 8.90. The van der Waals surface area contributed by atoms with E-state index in [9.17, 15) is 9.90 Å². The summed E-state index contributed by atoms with van der Waals surface area (Å²) in [4.78, 5) is 12.4. The van der Waals surface area contributed by atoms with Crippen molar-refractivity contribution in [3.8, 4) is 0 Å². The Kier molecular flexibility index (Phi) is 5.70. The molecule has 0 saturated heterocycles. The Balaban J connectivity index is 1.77. The van der Waals surface area contributed by atoms with Crippen molar-refractivity contribution >= 4 is 5.91 Å². The fraction of sp³-hybridized carbons (Fsp3) is 0.944. The van der Waals surface area contributed by atoms with Crippen LogP contribution in [0.4, 0.5) is 0 Å². The number of carbonyl (C=O) groups excluding carboxylic acids is 1. The molecular formula is C18H33NO2. The number of rotatable bonds is 3. The summed E-state index contributed by atoms with van der Waals surface area (Å²) in [5, 5.41) is 13.7. The summed E-state index contributed by atoms with van der Waals surface area (Å²) in [6.45, 7) is 4.97.